The van der Waals surface area contributed by atoms with Crippen LogP contribution in [-0.4, -0.2) is 6.61 Å². The summed E-state index contributed by atoms with van der Waals surface area (Å²) in [7, 11) is 0. The van der Waals surface area contributed by atoms with Gasteiger partial charge in [0.15, 0.2) is 0 Å². The lowest BCUT2D eigenvalue weighted by Crippen LogP contribution is -2.05. The Bertz CT molecular complexity index is 443. The summed E-state index contributed by atoms with van der Waals surface area (Å²) in [6, 6.07) is 8.72. The second-order valence-electron chi connectivity index (χ2n) is 6.61. The largest absolute Gasteiger partial charge is 0.494 e. The monoisotopic (exact) mass is 300 g/mol. The van der Waals surface area contributed by atoms with E-state index in [0.717, 1.165) is 24.7 Å². The third-order valence-electron chi connectivity index (χ3n) is 4.87. The van der Waals surface area contributed by atoms with Crippen molar-refractivity contribution >= 4 is 0 Å². The van der Waals surface area contributed by atoms with Gasteiger partial charge in [0.05, 0.1) is 6.61 Å². The summed E-state index contributed by atoms with van der Waals surface area (Å²) >= 11 is 0. The zero-order valence-corrected chi connectivity index (χ0v) is 14.4. The molecule has 1 atom stereocenters. The smallest absolute Gasteiger partial charge is 0.119 e. The Morgan fingerprint density at radius 3 is 2.50 bits per heavy atom. The van der Waals surface area contributed by atoms with Crippen molar-refractivity contribution < 1.29 is 4.74 Å². The van der Waals surface area contributed by atoms with E-state index in [4.69, 9.17) is 4.74 Å². The van der Waals surface area contributed by atoms with Gasteiger partial charge in [-0.3, -0.25) is 0 Å². The van der Waals surface area contributed by atoms with Crippen molar-refractivity contribution in [1.82, 2.24) is 0 Å². The normalized spacial score (nSPS) is 18.1. The predicted octanol–water partition coefficient (Wildman–Crippen LogP) is 6.32. The van der Waals surface area contributed by atoms with E-state index < -0.39 is 0 Å². The molecule has 122 valence electrons. The molecular weight excluding hydrogens is 268 g/mol. The standard InChI is InChI=1S/C21H32O/c1-3-5-6-17-22-21-15-13-20(14-16-21)12-11-19-9-7-18(4-2)8-10-19/h9,13-16,18H,3-8,10-12,17H2,1-2H3. The first kappa shape index (κ1) is 17.1. The number of benzene rings is 1. The van der Waals surface area contributed by atoms with Crippen LogP contribution in [0.15, 0.2) is 35.9 Å². The highest BCUT2D eigenvalue weighted by Gasteiger charge is 2.12. The highest BCUT2D eigenvalue weighted by atomic mass is 16.5. The lowest BCUT2D eigenvalue weighted by molar-refractivity contribution is 0.306. The van der Waals surface area contributed by atoms with Crippen LogP contribution in [0.2, 0.25) is 0 Å². The maximum absolute atomic E-state index is 5.77. The molecule has 0 radical (unpaired) electrons. The Hall–Kier alpha value is -1.24. The molecule has 1 aliphatic rings. The predicted molar refractivity (Wildman–Crippen MR) is 95.5 cm³/mol. The topological polar surface area (TPSA) is 9.23 Å². The van der Waals surface area contributed by atoms with Gasteiger partial charge in [0, 0.05) is 0 Å². The van der Waals surface area contributed by atoms with E-state index >= 15 is 0 Å². The van der Waals surface area contributed by atoms with Crippen LogP contribution >= 0.6 is 0 Å². The minimum atomic E-state index is 0.846. The van der Waals surface area contributed by atoms with Crippen molar-refractivity contribution in [2.24, 2.45) is 5.92 Å². The molecule has 1 aromatic rings. The fourth-order valence-corrected chi connectivity index (χ4v) is 3.14. The number of hydrogen-bond acceptors (Lipinski definition) is 1. The van der Waals surface area contributed by atoms with Crippen LogP contribution in [0.5, 0.6) is 5.75 Å². The van der Waals surface area contributed by atoms with E-state index in [1.54, 1.807) is 5.57 Å². The molecule has 0 saturated carbocycles. The second-order valence-corrected chi connectivity index (χ2v) is 6.61. The molecule has 1 heteroatoms. The first-order chi connectivity index (χ1) is 10.8. The molecule has 0 saturated heterocycles. The van der Waals surface area contributed by atoms with Crippen LogP contribution in [0.1, 0.15) is 70.8 Å². The van der Waals surface area contributed by atoms with Gasteiger partial charge >= 0.3 is 0 Å². The van der Waals surface area contributed by atoms with Crippen molar-refractivity contribution in [3.63, 3.8) is 0 Å². The average molecular weight is 300 g/mol. The van der Waals surface area contributed by atoms with Crippen LogP contribution in [-0.2, 0) is 6.42 Å². The third-order valence-corrected chi connectivity index (χ3v) is 4.87. The molecule has 22 heavy (non-hydrogen) atoms. The van der Waals surface area contributed by atoms with Gasteiger partial charge in [0.1, 0.15) is 5.75 Å². The van der Waals surface area contributed by atoms with E-state index in [0.29, 0.717) is 0 Å². The van der Waals surface area contributed by atoms with Crippen molar-refractivity contribution in [2.75, 3.05) is 6.61 Å². The highest BCUT2D eigenvalue weighted by Crippen LogP contribution is 2.28. The molecule has 0 spiro atoms. The summed E-state index contributed by atoms with van der Waals surface area (Å²) in [5.74, 6) is 1.95. The summed E-state index contributed by atoms with van der Waals surface area (Å²) < 4.78 is 5.77. The number of ether oxygens (including phenoxy) is 1. The molecule has 2 rings (SSSR count). The Morgan fingerprint density at radius 2 is 1.86 bits per heavy atom. The minimum Gasteiger partial charge on any atom is -0.494 e. The first-order valence-electron chi connectivity index (χ1n) is 9.21. The van der Waals surface area contributed by atoms with Gasteiger partial charge in [-0.1, -0.05) is 56.9 Å². The number of allylic oxidation sites excluding steroid dienone is 2. The zero-order chi connectivity index (χ0) is 15.6. The van der Waals surface area contributed by atoms with Gasteiger partial charge in [0.2, 0.25) is 0 Å². The fraction of sp³-hybridized carbons (Fsp3) is 0.619. The SMILES string of the molecule is CCCCCOc1ccc(CCC2=CCC(CC)CC2)cc1. The molecule has 0 aliphatic heterocycles. The Kier molecular flexibility index (Phi) is 7.56. The summed E-state index contributed by atoms with van der Waals surface area (Å²) in [6.45, 7) is 5.38. The molecular formula is C21H32O. The molecule has 1 aliphatic carbocycles. The number of aryl methyl sites for hydroxylation is 1. The van der Waals surface area contributed by atoms with E-state index in [2.05, 4.69) is 44.2 Å². The van der Waals surface area contributed by atoms with Gasteiger partial charge in [-0.05, 0) is 62.1 Å². The van der Waals surface area contributed by atoms with Crippen LogP contribution in [0.4, 0.5) is 0 Å². The van der Waals surface area contributed by atoms with Gasteiger partial charge in [-0.25, -0.2) is 0 Å². The van der Waals surface area contributed by atoms with E-state index in [1.165, 1.54) is 56.9 Å². The second kappa shape index (κ2) is 9.71. The maximum Gasteiger partial charge on any atom is 0.119 e. The van der Waals surface area contributed by atoms with Gasteiger partial charge in [0.25, 0.3) is 0 Å². The van der Waals surface area contributed by atoms with E-state index in [-0.39, 0.29) is 0 Å². The molecule has 0 bridgehead atoms. The van der Waals surface area contributed by atoms with Crippen molar-refractivity contribution in [1.29, 1.82) is 0 Å². The summed E-state index contributed by atoms with van der Waals surface area (Å²) in [5.41, 5.74) is 3.10. The van der Waals surface area contributed by atoms with Gasteiger partial charge in [-0.15, -0.1) is 0 Å². The van der Waals surface area contributed by atoms with Crippen LogP contribution < -0.4 is 4.74 Å². The Morgan fingerprint density at radius 1 is 1.05 bits per heavy atom. The quantitative estimate of drug-likeness (QED) is 0.383. The molecule has 1 unspecified atom stereocenters. The molecule has 0 N–H and O–H groups in total. The lowest BCUT2D eigenvalue weighted by atomic mass is 9.86. The molecule has 0 aromatic heterocycles. The number of rotatable bonds is 9. The van der Waals surface area contributed by atoms with E-state index in [1.807, 2.05) is 0 Å². The Balaban J connectivity index is 1.71. The number of unbranched alkanes of at least 4 members (excludes halogenated alkanes) is 2. The van der Waals surface area contributed by atoms with Gasteiger partial charge < -0.3 is 4.74 Å². The summed E-state index contributed by atoms with van der Waals surface area (Å²) in [4.78, 5) is 0. The summed E-state index contributed by atoms with van der Waals surface area (Å²) in [5, 5.41) is 0. The fourth-order valence-electron chi connectivity index (χ4n) is 3.14. The van der Waals surface area contributed by atoms with E-state index in [9.17, 15) is 0 Å². The highest BCUT2D eigenvalue weighted by molar-refractivity contribution is 5.28. The molecule has 0 amide bonds. The summed E-state index contributed by atoms with van der Waals surface area (Å²) in [6.07, 6.45) is 13.9. The van der Waals surface area contributed by atoms with Crippen molar-refractivity contribution in [3.05, 3.63) is 41.5 Å². The minimum absolute atomic E-state index is 0.846. The third kappa shape index (κ3) is 5.87. The molecule has 1 aromatic carbocycles. The first-order valence-corrected chi connectivity index (χ1v) is 9.21. The number of hydrogen-bond donors (Lipinski definition) is 0. The van der Waals surface area contributed by atoms with Crippen molar-refractivity contribution in [3.8, 4) is 5.75 Å². The van der Waals surface area contributed by atoms with Gasteiger partial charge in [-0.2, -0.15) is 0 Å². The van der Waals surface area contributed by atoms with Crippen LogP contribution in [0.3, 0.4) is 0 Å². The van der Waals surface area contributed by atoms with Crippen LogP contribution in [0.25, 0.3) is 0 Å². The Labute approximate surface area is 136 Å². The molecule has 0 fully saturated rings. The molecule has 1 nitrogen and oxygen atoms in total. The lowest BCUT2D eigenvalue weighted by Gasteiger charge is -2.20. The van der Waals surface area contributed by atoms with Crippen LogP contribution in [0, 0.1) is 5.92 Å². The maximum atomic E-state index is 5.77. The zero-order valence-electron chi connectivity index (χ0n) is 14.4. The molecule has 0 heterocycles. The average Bonchev–Trinajstić information content (AvgIpc) is 2.58. The van der Waals surface area contributed by atoms with Crippen molar-refractivity contribution in [2.45, 2.75) is 71.6 Å².